The van der Waals surface area contributed by atoms with Crippen molar-refractivity contribution in [3.05, 3.63) is 60.3 Å². The Morgan fingerprint density at radius 2 is 1.83 bits per heavy atom. The highest BCUT2D eigenvalue weighted by molar-refractivity contribution is 5.79. The van der Waals surface area contributed by atoms with Gasteiger partial charge in [-0.3, -0.25) is 9.69 Å². The normalized spacial score (nSPS) is 19.7. The monoisotopic (exact) mass is 487 g/mol. The molecular formula is C30H37N3O3. The van der Waals surface area contributed by atoms with E-state index in [1.807, 2.05) is 35.0 Å². The van der Waals surface area contributed by atoms with Crippen LogP contribution in [-0.2, 0) is 22.5 Å². The summed E-state index contributed by atoms with van der Waals surface area (Å²) in [5.74, 6) is 2.11. The lowest BCUT2D eigenvalue weighted by molar-refractivity contribution is -0.120. The number of nitrogens with zero attached hydrogens (tertiary/aromatic N) is 3. The van der Waals surface area contributed by atoms with Crippen LogP contribution in [0.25, 0.3) is 22.6 Å². The molecule has 0 saturated carbocycles. The van der Waals surface area contributed by atoms with Gasteiger partial charge < -0.3 is 14.0 Å². The minimum Gasteiger partial charge on any atom is -0.497 e. The molecule has 6 heteroatoms. The fourth-order valence-corrected chi connectivity index (χ4v) is 5.56. The van der Waals surface area contributed by atoms with Crippen molar-refractivity contribution in [2.75, 3.05) is 26.9 Å². The molecular weight excluding hydrogens is 450 g/mol. The van der Waals surface area contributed by atoms with Gasteiger partial charge in [-0.1, -0.05) is 50.2 Å². The van der Waals surface area contributed by atoms with Crippen molar-refractivity contribution >= 4 is 5.78 Å². The second-order valence-electron chi connectivity index (χ2n) is 10.6. The molecule has 0 spiro atoms. The first-order valence-corrected chi connectivity index (χ1v) is 13.2. The van der Waals surface area contributed by atoms with Crippen LogP contribution in [0.1, 0.15) is 38.7 Å². The second-order valence-corrected chi connectivity index (χ2v) is 10.6. The molecule has 2 aliphatic rings. The summed E-state index contributed by atoms with van der Waals surface area (Å²) in [5, 5.41) is 0. The quantitative estimate of drug-likeness (QED) is 0.391. The Morgan fingerprint density at radius 3 is 2.53 bits per heavy atom. The highest BCUT2D eigenvalue weighted by Gasteiger charge is 2.36. The van der Waals surface area contributed by atoms with E-state index in [1.54, 1.807) is 7.11 Å². The van der Waals surface area contributed by atoms with E-state index in [9.17, 15) is 4.79 Å². The number of morpholine rings is 1. The molecule has 3 heterocycles. The number of fused-ring (bicyclic) bond motifs is 2. The summed E-state index contributed by atoms with van der Waals surface area (Å²) < 4.78 is 13.1. The van der Waals surface area contributed by atoms with Gasteiger partial charge in [-0.15, -0.1) is 0 Å². The van der Waals surface area contributed by atoms with E-state index in [2.05, 4.69) is 43.0 Å². The predicted molar refractivity (Wildman–Crippen MR) is 142 cm³/mol. The molecule has 190 valence electrons. The first-order chi connectivity index (χ1) is 17.5. The van der Waals surface area contributed by atoms with Crippen LogP contribution < -0.4 is 4.74 Å². The Hall–Kier alpha value is -2.96. The zero-order valence-corrected chi connectivity index (χ0v) is 21.7. The number of benzene rings is 2. The van der Waals surface area contributed by atoms with Crippen LogP contribution in [0.2, 0.25) is 0 Å². The highest BCUT2D eigenvalue weighted by atomic mass is 16.5. The minimum atomic E-state index is 0.213. The topological polar surface area (TPSA) is 56.6 Å². The van der Waals surface area contributed by atoms with Gasteiger partial charge in [-0.2, -0.15) is 0 Å². The van der Waals surface area contributed by atoms with Crippen LogP contribution in [-0.4, -0.2) is 59.2 Å². The number of ether oxygens (including phenoxy) is 2. The molecule has 2 atom stereocenters. The number of aromatic nitrogens is 2. The van der Waals surface area contributed by atoms with Gasteiger partial charge in [0.15, 0.2) is 5.78 Å². The van der Waals surface area contributed by atoms with Gasteiger partial charge in [0.05, 0.1) is 32.6 Å². The fraction of sp³-hybridized carbons (Fsp3) is 0.467. The summed E-state index contributed by atoms with van der Waals surface area (Å²) in [6, 6.07) is 17.8. The molecule has 0 aliphatic carbocycles. The number of hydrogen-bond acceptors (Lipinski definition) is 5. The van der Waals surface area contributed by atoms with Crippen molar-refractivity contribution < 1.29 is 14.3 Å². The second kappa shape index (κ2) is 11.0. The number of rotatable bonds is 10. The Bertz CT molecular complexity index is 1170. The summed E-state index contributed by atoms with van der Waals surface area (Å²) in [6.07, 6.45) is 6.14. The van der Waals surface area contributed by atoms with Gasteiger partial charge in [0.25, 0.3) is 0 Å². The number of hydrogen-bond donors (Lipinski definition) is 0. The largest absolute Gasteiger partial charge is 0.497 e. The maximum Gasteiger partial charge on any atom is 0.152 e. The average Bonchev–Trinajstić information content (AvgIpc) is 3.38. The van der Waals surface area contributed by atoms with Crippen molar-refractivity contribution in [1.82, 2.24) is 14.5 Å². The number of methoxy groups -OCH3 is 1. The summed E-state index contributed by atoms with van der Waals surface area (Å²) in [7, 11) is 1.66. The number of imidazole rings is 1. The predicted octanol–water partition coefficient (Wildman–Crippen LogP) is 5.25. The van der Waals surface area contributed by atoms with Gasteiger partial charge in [0.2, 0.25) is 0 Å². The van der Waals surface area contributed by atoms with Crippen molar-refractivity contribution in [1.29, 1.82) is 0 Å². The third kappa shape index (κ3) is 5.55. The number of carbonyl (C=O) groups excluding carboxylic acids is 1. The molecule has 2 aromatic carbocycles. The Kier molecular flexibility index (Phi) is 7.54. The van der Waals surface area contributed by atoms with Crippen molar-refractivity contribution in [2.24, 2.45) is 5.92 Å². The average molecular weight is 488 g/mol. The van der Waals surface area contributed by atoms with Crippen molar-refractivity contribution in [3.63, 3.8) is 0 Å². The summed E-state index contributed by atoms with van der Waals surface area (Å²) >= 11 is 0. The maximum atomic E-state index is 12.7. The van der Waals surface area contributed by atoms with Gasteiger partial charge >= 0.3 is 0 Å². The lowest BCUT2D eigenvalue weighted by Gasteiger charge is -2.34. The SMILES string of the molecule is COc1cccc(-c2nc(-c3ccc(CCN4C5CCC4COC5)cc3)cn2CC(=O)CC(C)C)c1. The first kappa shape index (κ1) is 24.7. The Morgan fingerprint density at radius 1 is 1.08 bits per heavy atom. The van der Waals surface area contributed by atoms with E-state index >= 15 is 0 Å². The van der Waals surface area contributed by atoms with Crippen LogP contribution in [0.15, 0.2) is 54.7 Å². The number of carbonyl (C=O) groups is 1. The minimum absolute atomic E-state index is 0.213. The van der Waals surface area contributed by atoms with Gasteiger partial charge in [-0.05, 0) is 42.9 Å². The zero-order valence-electron chi connectivity index (χ0n) is 21.7. The van der Waals surface area contributed by atoms with E-state index in [0.717, 1.165) is 54.6 Å². The van der Waals surface area contributed by atoms with E-state index in [-0.39, 0.29) is 5.78 Å². The van der Waals surface area contributed by atoms with E-state index in [4.69, 9.17) is 14.5 Å². The summed E-state index contributed by atoms with van der Waals surface area (Å²) in [6.45, 7) is 7.32. The van der Waals surface area contributed by atoms with Crippen LogP contribution in [0.5, 0.6) is 5.75 Å². The zero-order chi connectivity index (χ0) is 25.1. The Balaban J connectivity index is 1.35. The molecule has 0 N–H and O–H groups in total. The van der Waals surface area contributed by atoms with Crippen LogP contribution >= 0.6 is 0 Å². The first-order valence-electron chi connectivity index (χ1n) is 13.2. The number of ketones is 1. The van der Waals surface area contributed by atoms with E-state index in [1.165, 1.54) is 18.4 Å². The highest BCUT2D eigenvalue weighted by Crippen LogP contribution is 2.30. The van der Waals surface area contributed by atoms with E-state index < -0.39 is 0 Å². The van der Waals surface area contributed by atoms with Crippen molar-refractivity contribution in [2.45, 2.75) is 58.2 Å². The summed E-state index contributed by atoms with van der Waals surface area (Å²) in [5.41, 5.74) is 4.21. The van der Waals surface area contributed by atoms with Crippen molar-refractivity contribution in [3.8, 4) is 28.4 Å². The van der Waals surface area contributed by atoms with Crippen LogP contribution in [0, 0.1) is 5.92 Å². The lowest BCUT2D eigenvalue weighted by atomic mass is 10.1. The molecule has 2 saturated heterocycles. The number of Topliss-reactive ketones (excluding diaryl/α,β-unsaturated/α-hetero) is 1. The van der Waals surface area contributed by atoms with E-state index in [0.29, 0.717) is 31.0 Å². The molecule has 2 aliphatic heterocycles. The van der Waals surface area contributed by atoms with Crippen LogP contribution in [0.3, 0.4) is 0 Å². The van der Waals surface area contributed by atoms with Crippen LogP contribution in [0.4, 0.5) is 0 Å². The molecule has 6 nitrogen and oxygen atoms in total. The molecule has 2 unspecified atom stereocenters. The summed E-state index contributed by atoms with van der Waals surface area (Å²) in [4.78, 5) is 20.3. The van der Waals surface area contributed by atoms with Gasteiger partial charge in [-0.25, -0.2) is 4.98 Å². The standard InChI is InChI=1S/C30H37N3O3/c1-21(2)15-27(34)17-32-18-29(31-30(32)24-5-4-6-28(16-24)35-3)23-9-7-22(8-10-23)13-14-33-25-11-12-26(33)20-36-19-25/h4-10,16,18,21,25-26H,11-15,17,19-20H2,1-3H3. The Labute approximate surface area is 214 Å². The molecule has 2 fully saturated rings. The molecule has 2 bridgehead atoms. The molecule has 5 rings (SSSR count). The smallest absolute Gasteiger partial charge is 0.152 e. The molecule has 3 aromatic rings. The third-order valence-electron chi connectivity index (χ3n) is 7.39. The van der Waals surface area contributed by atoms with Gasteiger partial charge in [0.1, 0.15) is 11.6 Å². The third-order valence-corrected chi connectivity index (χ3v) is 7.39. The maximum absolute atomic E-state index is 12.7. The molecule has 0 amide bonds. The molecule has 36 heavy (non-hydrogen) atoms. The molecule has 1 aromatic heterocycles. The lowest BCUT2D eigenvalue weighted by Crippen LogP contribution is -2.46. The molecule has 0 radical (unpaired) electrons. The van der Waals surface area contributed by atoms with Gasteiger partial charge in [0, 0.05) is 42.4 Å². The fourth-order valence-electron chi connectivity index (χ4n) is 5.56.